The van der Waals surface area contributed by atoms with Crippen LogP contribution in [0.5, 0.6) is 0 Å². The molecule has 0 atom stereocenters. The van der Waals surface area contributed by atoms with E-state index in [1.165, 1.54) is 11.1 Å². The lowest BCUT2D eigenvalue weighted by Gasteiger charge is -2.21. The van der Waals surface area contributed by atoms with Crippen LogP contribution in [0, 0.1) is 10.5 Å². The van der Waals surface area contributed by atoms with E-state index in [4.69, 9.17) is 5.73 Å². The van der Waals surface area contributed by atoms with E-state index in [2.05, 4.69) is 77.9 Å². The second-order valence-electron chi connectivity index (χ2n) is 4.55. The van der Waals surface area contributed by atoms with Gasteiger partial charge in [0.1, 0.15) is 0 Å². The van der Waals surface area contributed by atoms with E-state index >= 15 is 0 Å². The summed E-state index contributed by atoms with van der Waals surface area (Å²) >= 11 is 2.27. The number of rotatable bonds is 3. The summed E-state index contributed by atoms with van der Waals surface area (Å²) in [7, 11) is 2.07. The van der Waals surface area contributed by atoms with Crippen molar-refractivity contribution in [3.05, 3.63) is 57.2 Å². The minimum absolute atomic E-state index is 0.831. The molecule has 0 heterocycles. The molecular formula is C15H17IN2. The Hall–Kier alpha value is -1.23. The van der Waals surface area contributed by atoms with Gasteiger partial charge in [-0.05, 0) is 53.3 Å². The number of aryl methyl sites for hydroxylation is 1. The molecule has 0 fully saturated rings. The van der Waals surface area contributed by atoms with Crippen molar-refractivity contribution in [2.45, 2.75) is 13.5 Å². The Labute approximate surface area is 122 Å². The van der Waals surface area contributed by atoms with Gasteiger partial charge >= 0.3 is 0 Å². The second-order valence-corrected chi connectivity index (χ2v) is 5.79. The zero-order chi connectivity index (χ0) is 13.1. The van der Waals surface area contributed by atoms with Crippen LogP contribution < -0.4 is 10.6 Å². The van der Waals surface area contributed by atoms with Gasteiger partial charge in [0.25, 0.3) is 0 Å². The average molecular weight is 352 g/mol. The van der Waals surface area contributed by atoms with Crippen molar-refractivity contribution in [3.63, 3.8) is 0 Å². The van der Waals surface area contributed by atoms with Gasteiger partial charge in [0, 0.05) is 17.2 Å². The topological polar surface area (TPSA) is 29.3 Å². The van der Waals surface area contributed by atoms with E-state index in [0.717, 1.165) is 21.5 Å². The van der Waals surface area contributed by atoms with Gasteiger partial charge in [-0.1, -0.05) is 29.8 Å². The Morgan fingerprint density at radius 1 is 1.17 bits per heavy atom. The van der Waals surface area contributed by atoms with Gasteiger partial charge < -0.3 is 10.6 Å². The molecule has 0 saturated carbocycles. The first-order valence-corrected chi connectivity index (χ1v) is 6.96. The summed E-state index contributed by atoms with van der Waals surface area (Å²) in [6.07, 6.45) is 0. The molecule has 0 aliphatic carbocycles. The van der Waals surface area contributed by atoms with E-state index in [0.29, 0.717) is 0 Å². The van der Waals surface area contributed by atoms with Crippen LogP contribution in [0.25, 0.3) is 0 Å². The number of anilines is 2. The standard InChI is InChI=1S/C15H17IN2/c1-11-4-3-5-12(8-11)10-18(2)15-7-6-13(16)9-14(15)17/h3-9H,10,17H2,1-2H3. The highest BCUT2D eigenvalue weighted by molar-refractivity contribution is 14.1. The second kappa shape index (κ2) is 5.61. The fourth-order valence-corrected chi connectivity index (χ4v) is 2.56. The molecule has 0 aliphatic rings. The molecule has 2 aromatic carbocycles. The van der Waals surface area contributed by atoms with E-state index in [1.54, 1.807) is 0 Å². The van der Waals surface area contributed by atoms with Gasteiger partial charge in [-0.3, -0.25) is 0 Å². The first-order valence-electron chi connectivity index (χ1n) is 5.88. The molecule has 0 aromatic heterocycles. The lowest BCUT2D eigenvalue weighted by Crippen LogP contribution is -2.17. The molecule has 0 saturated heterocycles. The third kappa shape index (κ3) is 3.16. The van der Waals surface area contributed by atoms with Crippen molar-refractivity contribution >= 4 is 34.0 Å². The molecule has 0 radical (unpaired) electrons. The number of halogens is 1. The first kappa shape index (κ1) is 13.2. The van der Waals surface area contributed by atoms with Crippen molar-refractivity contribution in [2.75, 3.05) is 17.7 Å². The van der Waals surface area contributed by atoms with Crippen LogP contribution >= 0.6 is 22.6 Å². The van der Waals surface area contributed by atoms with Crippen molar-refractivity contribution in [2.24, 2.45) is 0 Å². The fraction of sp³-hybridized carbons (Fsp3) is 0.200. The van der Waals surface area contributed by atoms with Gasteiger partial charge in [0.15, 0.2) is 0 Å². The van der Waals surface area contributed by atoms with Crippen molar-refractivity contribution in [3.8, 4) is 0 Å². The van der Waals surface area contributed by atoms with E-state index in [1.807, 2.05) is 6.07 Å². The van der Waals surface area contributed by atoms with E-state index in [-0.39, 0.29) is 0 Å². The van der Waals surface area contributed by atoms with Crippen molar-refractivity contribution in [1.82, 2.24) is 0 Å². The SMILES string of the molecule is Cc1cccc(CN(C)c2ccc(I)cc2N)c1. The zero-order valence-electron chi connectivity index (χ0n) is 10.7. The smallest absolute Gasteiger partial charge is 0.0601 e. The maximum absolute atomic E-state index is 6.06. The fourth-order valence-electron chi connectivity index (χ4n) is 2.04. The predicted octanol–water partition coefficient (Wildman–Crippen LogP) is 3.82. The number of nitrogen functional groups attached to an aromatic ring is 1. The summed E-state index contributed by atoms with van der Waals surface area (Å²) < 4.78 is 1.16. The molecular weight excluding hydrogens is 335 g/mol. The summed E-state index contributed by atoms with van der Waals surface area (Å²) in [4.78, 5) is 2.18. The molecule has 18 heavy (non-hydrogen) atoms. The van der Waals surface area contributed by atoms with Crippen LogP contribution in [0.4, 0.5) is 11.4 Å². The Morgan fingerprint density at radius 2 is 1.94 bits per heavy atom. The Bertz CT molecular complexity index is 552. The van der Waals surface area contributed by atoms with Gasteiger partial charge in [0.2, 0.25) is 0 Å². The zero-order valence-corrected chi connectivity index (χ0v) is 12.8. The molecule has 0 aliphatic heterocycles. The van der Waals surface area contributed by atoms with Crippen LogP contribution in [-0.2, 0) is 6.54 Å². The quantitative estimate of drug-likeness (QED) is 0.672. The highest BCUT2D eigenvalue weighted by atomic mass is 127. The Balaban J connectivity index is 2.19. The van der Waals surface area contributed by atoms with Crippen LogP contribution in [0.2, 0.25) is 0 Å². The third-order valence-electron chi connectivity index (χ3n) is 2.90. The van der Waals surface area contributed by atoms with Crippen molar-refractivity contribution < 1.29 is 0 Å². The number of nitrogens with two attached hydrogens (primary N) is 1. The molecule has 0 bridgehead atoms. The minimum atomic E-state index is 0.831. The highest BCUT2D eigenvalue weighted by Gasteiger charge is 2.06. The maximum atomic E-state index is 6.06. The van der Waals surface area contributed by atoms with Crippen LogP contribution in [0.3, 0.4) is 0 Å². The molecule has 94 valence electrons. The molecule has 2 rings (SSSR count). The number of benzene rings is 2. The predicted molar refractivity (Wildman–Crippen MR) is 86.9 cm³/mol. The Morgan fingerprint density at radius 3 is 2.61 bits per heavy atom. The largest absolute Gasteiger partial charge is 0.397 e. The molecule has 0 unspecified atom stereocenters. The summed E-state index contributed by atoms with van der Waals surface area (Å²) in [5.74, 6) is 0. The van der Waals surface area contributed by atoms with Crippen LogP contribution in [-0.4, -0.2) is 7.05 Å². The Kier molecular flexibility index (Phi) is 4.11. The highest BCUT2D eigenvalue weighted by Crippen LogP contribution is 2.25. The molecule has 2 N–H and O–H groups in total. The number of hydrogen-bond donors (Lipinski definition) is 1. The van der Waals surface area contributed by atoms with Gasteiger partial charge in [-0.25, -0.2) is 0 Å². The lowest BCUT2D eigenvalue weighted by molar-refractivity contribution is 0.923. The van der Waals surface area contributed by atoms with E-state index in [9.17, 15) is 0 Å². The van der Waals surface area contributed by atoms with Gasteiger partial charge in [-0.2, -0.15) is 0 Å². The van der Waals surface area contributed by atoms with Crippen LogP contribution in [0.1, 0.15) is 11.1 Å². The summed E-state index contributed by atoms with van der Waals surface area (Å²) in [6, 6.07) is 14.7. The monoisotopic (exact) mass is 352 g/mol. The molecule has 2 aromatic rings. The molecule has 3 heteroatoms. The third-order valence-corrected chi connectivity index (χ3v) is 3.57. The number of nitrogens with zero attached hydrogens (tertiary/aromatic N) is 1. The minimum Gasteiger partial charge on any atom is -0.397 e. The van der Waals surface area contributed by atoms with Crippen molar-refractivity contribution in [1.29, 1.82) is 0 Å². The molecule has 2 nitrogen and oxygen atoms in total. The van der Waals surface area contributed by atoms with Gasteiger partial charge in [0.05, 0.1) is 11.4 Å². The molecule has 0 amide bonds. The summed E-state index contributed by atoms with van der Waals surface area (Å²) in [6.45, 7) is 2.98. The van der Waals surface area contributed by atoms with Crippen LogP contribution in [0.15, 0.2) is 42.5 Å². The maximum Gasteiger partial charge on any atom is 0.0601 e. The summed E-state index contributed by atoms with van der Waals surface area (Å²) in [5.41, 5.74) is 10.6. The lowest BCUT2D eigenvalue weighted by atomic mass is 10.1. The van der Waals surface area contributed by atoms with E-state index < -0.39 is 0 Å². The number of hydrogen-bond acceptors (Lipinski definition) is 2. The average Bonchev–Trinajstić information content (AvgIpc) is 2.28. The molecule has 0 spiro atoms. The van der Waals surface area contributed by atoms with Gasteiger partial charge in [-0.15, -0.1) is 0 Å². The first-order chi connectivity index (χ1) is 8.56. The normalized spacial score (nSPS) is 10.4. The summed E-state index contributed by atoms with van der Waals surface area (Å²) in [5, 5.41) is 0.